The minimum absolute atomic E-state index is 0.191. The summed E-state index contributed by atoms with van der Waals surface area (Å²) in [5, 5.41) is 14.2. The van der Waals surface area contributed by atoms with Gasteiger partial charge in [-0.15, -0.1) is 10.2 Å². The molecule has 0 saturated heterocycles. The van der Waals surface area contributed by atoms with Crippen molar-refractivity contribution in [3.05, 3.63) is 5.82 Å². The Morgan fingerprint density at radius 3 is 2.68 bits per heavy atom. The standard InChI is InChI=1S/C17H27N5O2S/c1-12(15(23)19-16(24)18-13-8-4-2-5-9-13)25-17-21-20-14-10-6-3-7-11-22(14)17/h12-13H,2-11H2,1H3,(H2,18,19,23,24)/t12-/m0/s1. The zero-order valence-electron chi connectivity index (χ0n) is 14.8. The SMILES string of the molecule is C[C@H](Sc1nnc2n1CCCCC2)C(=O)NC(=O)NC1CCCCC1. The lowest BCUT2D eigenvalue weighted by atomic mass is 9.96. The highest BCUT2D eigenvalue weighted by Gasteiger charge is 2.23. The molecule has 138 valence electrons. The van der Waals surface area contributed by atoms with Gasteiger partial charge in [-0.2, -0.15) is 0 Å². The summed E-state index contributed by atoms with van der Waals surface area (Å²) in [5.41, 5.74) is 0. The number of carbonyl (C=O) groups is 2. The molecule has 1 aliphatic heterocycles. The van der Waals surface area contributed by atoms with Crippen LogP contribution in [0.25, 0.3) is 0 Å². The number of aromatic nitrogens is 3. The zero-order chi connectivity index (χ0) is 17.6. The second kappa shape index (κ2) is 8.69. The van der Waals surface area contributed by atoms with Crippen molar-refractivity contribution in [2.45, 2.75) is 87.7 Å². The predicted molar refractivity (Wildman–Crippen MR) is 96.4 cm³/mol. The number of amides is 3. The van der Waals surface area contributed by atoms with Crippen LogP contribution in [0.5, 0.6) is 0 Å². The molecule has 3 rings (SSSR count). The molecule has 2 aliphatic rings. The summed E-state index contributed by atoms with van der Waals surface area (Å²) in [6, 6.07) is -0.193. The number of aryl methyl sites for hydroxylation is 1. The molecule has 0 radical (unpaired) electrons. The number of nitrogens with one attached hydrogen (secondary N) is 2. The third-order valence-electron chi connectivity index (χ3n) is 4.90. The number of nitrogens with zero attached hydrogens (tertiary/aromatic N) is 3. The lowest BCUT2D eigenvalue weighted by Gasteiger charge is -2.23. The van der Waals surface area contributed by atoms with E-state index in [1.54, 1.807) is 6.92 Å². The summed E-state index contributed by atoms with van der Waals surface area (Å²) in [6.07, 6.45) is 9.91. The lowest BCUT2D eigenvalue weighted by Crippen LogP contribution is -2.47. The lowest BCUT2D eigenvalue weighted by molar-refractivity contribution is -0.119. The van der Waals surface area contributed by atoms with E-state index in [-0.39, 0.29) is 18.0 Å². The molecule has 1 atom stereocenters. The van der Waals surface area contributed by atoms with E-state index in [2.05, 4.69) is 25.4 Å². The zero-order valence-corrected chi connectivity index (χ0v) is 15.6. The number of urea groups is 1. The highest BCUT2D eigenvalue weighted by atomic mass is 32.2. The number of rotatable bonds is 4. The van der Waals surface area contributed by atoms with E-state index >= 15 is 0 Å². The molecule has 0 aromatic carbocycles. The highest BCUT2D eigenvalue weighted by Crippen LogP contribution is 2.25. The Morgan fingerprint density at radius 1 is 1.12 bits per heavy atom. The fourth-order valence-electron chi connectivity index (χ4n) is 3.44. The molecule has 0 bridgehead atoms. The number of carbonyl (C=O) groups excluding carboxylic acids is 2. The molecule has 1 saturated carbocycles. The molecule has 1 fully saturated rings. The molecule has 7 nitrogen and oxygen atoms in total. The van der Waals surface area contributed by atoms with Gasteiger partial charge in [0.2, 0.25) is 5.91 Å². The molecule has 3 amide bonds. The summed E-state index contributed by atoms with van der Waals surface area (Å²) in [4.78, 5) is 24.3. The Bertz CT molecular complexity index is 612. The van der Waals surface area contributed by atoms with Crippen LogP contribution in [0.3, 0.4) is 0 Å². The Labute approximate surface area is 152 Å². The van der Waals surface area contributed by atoms with Gasteiger partial charge < -0.3 is 9.88 Å². The van der Waals surface area contributed by atoms with Gasteiger partial charge in [0.25, 0.3) is 0 Å². The molecular formula is C17H27N5O2S. The Morgan fingerprint density at radius 2 is 1.88 bits per heavy atom. The molecular weight excluding hydrogens is 338 g/mol. The summed E-state index contributed by atoms with van der Waals surface area (Å²) < 4.78 is 2.11. The third-order valence-corrected chi connectivity index (χ3v) is 5.98. The summed E-state index contributed by atoms with van der Waals surface area (Å²) >= 11 is 1.37. The molecule has 0 unspecified atom stereocenters. The normalized spacial score (nSPS) is 19.6. The number of thioether (sulfide) groups is 1. The van der Waals surface area contributed by atoms with Gasteiger partial charge in [0.05, 0.1) is 5.25 Å². The van der Waals surface area contributed by atoms with Crippen LogP contribution in [-0.2, 0) is 17.8 Å². The van der Waals surface area contributed by atoms with Crippen LogP contribution in [-0.4, -0.2) is 38.0 Å². The van der Waals surface area contributed by atoms with Gasteiger partial charge in [0.1, 0.15) is 5.82 Å². The van der Waals surface area contributed by atoms with Crippen molar-refractivity contribution in [1.82, 2.24) is 25.4 Å². The maximum Gasteiger partial charge on any atom is 0.321 e. The number of hydrogen-bond acceptors (Lipinski definition) is 5. The summed E-state index contributed by atoms with van der Waals surface area (Å²) in [7, 11) is 0. The average molecular weight is 366 g/mol. The second-order valence-corrected chi connectivity index (χ2v) is 8.23. The van der Waals surface area contributed by atoms with Gasteiger partial charge in [-0.05, 0) is 32.6 Å². The van der Waals surface area contributed by atoms with Crippen molar-refractivity contribution >= 4 is 23.7 Å². The number of imide groups is 1. The number of fused-ring (bicyclic) bond motifs is 1. The fourth-order valence-corrected chi connectivity index (χ4v) is 4.33. The first kappa shape index (κ1) is 18.2. The van der Waals surface area contributed by atoms with E-state index < -0.39 is 5.25 Å². The fraction of sp³-hybridized carbons (Fsp3) is 0.765. The van der Waals surface area contributed by atoms with Crippen LogP contribution in [0.1, 0.15) is 64.1 Å². The highest BCUT2D eigenvalue weighted by molar-refractivity contribution is 8.00. The minimum atomic E-state index is -0.395. The van der Waals surface area contributed by atoms with Crippen molar-refractivity contribution in [3.63, 3.8) is 0 Å². The van der Waals surface area contributed by atoms with E-state index in [0.29, 0.717) is 0 Å². The second-order valence-electron chi connectivity index (χ2n) is 6.92. The first-order valence-corrected chi connectivity index (χ1v) is 10.2. The first-order chi connectivity index (χ1) is 12.1. The molecule has 2 heterocycles. The Hall–Kier alpha value is -1.57. The van der Waals surface area contributed by atoms with Crippen molar-refractivity contribution in [3.8, 4) is 0 Å². The quantitative estimate of drug-likeness (QED) is 0.801. The average Bonchev–Trinajstić information content (AvgIpc) is 2.82. The van der Waals surface area contributed by atoms with Crippen LogP contribution in [0.2, 0.25) is 0 Å². The molecule has 1 aromatic rings. The predicted octanol–water partition coefficient (Wildman–Crippen LogP) is 2.64. The van der Waals surface area contributed by atoms with Gasteiger partial charge >= 0.3 is 6.03 Å². The first-order valence-electron chi connectivity index (χ1n) is 9.33. The summed E-state index contributed by atoms with van der Waals surface area (Å²) in [6.45, 7) is 2.70. The van der Waals surface area contributed by atoms with E-state index in [1.165, 1.54) is 24.6 Å². The molecule has 25 heavy (non-hydrogen) atoms. The Balaban J connectivity index is 1.50. The van der Waals surface area contributed by atoms with Crippen molar-refractivity contribution in [2.24, 2.45) is 0 Å². The van der Waals surface area contributed by atoms with Gasteiger partial charge in [0.15, 0.2) is 5.16 Å². The van der Waals surface area contributed by atoms with Gasteiger partial charge in [-0.25, -0.2) is 4.79 Å². The van der Waals surface area contributed by atoms with Crippen LogP contribution in [0.15, 0.2) is 5.16 Å². The van der Waals surface area contributed by atoms with Crippen LogP contribution in [0, 0.1) is 0 Å². The van der Waals surface area contributed by atoms with E-state index in [9.17, 15) is 9.59 Å². The number of hydrogen-bond donors (Lipinski definition) is 2. The third kappa shape index (κ3) is 4.96. The monoisotopic (exact) mass is 365 g/mol. The summed E-state index contributed by atoms with van der Waals surface area (Å²) in [5.74, 6) is 0.715. The molecule has 1 aromatic heterocycles. The van der Waals surface area contributed by atoms with Crippen molar-refractivity contribution in [2.75, 3.05) is 0 Å². The van der Waals surface area contributed by atoms with Gasteiger partial charge in [0, 0.05) is 19.0 Å². The largest absolute Gasteiger partial charge is 0.335 e. The molecule has 1 aliphatic carbocycles. The van der Waals surface area contributed by atoms with Gasteiger partial charge in [-0.1, -0.05) is 37.4 Å². The van der Waals surface area contributed by atoms with E-state index in [0.717, 1.165) is 62.5 Å². The van der Waals surface area contributed by atoms with E-state index in [4.69, 9.17) is 0 Å². The maximum absolute atomic E-state index is 12.3. The maximum atomic E-state index is 12.3. The van der Waals surface area contributed by atoms with Crippen LogP contribution >= 0.6 is 11.8 Å². The van der Waals surface area contributed by atoms with E-state index in [1.807, 2.05) is 0 Å². The minimum Gasteiger partial charge on any atom is -0.335 e. The van der Waals surface area contributed by atoms with Crippen LogP contribution in [0.4, 0.5) is 4.79 Å². The van der Waals surface area contributed by atoms with Crippen molar-refractivity contribution in [1.29, 1.82) is 0 Å². The smallest absolute Gasteiger partial charge is 0.321 e. The topological polar surface area (TPSA) is 88.9 Å². The molecule has 0 spiro atoms. The van der Waals surface area contributed by atoms with Crippen LogP contribution < -0.4 is 10.6 Å². The molecule has 2 N–H and O–H groups in total. The van der Waals surface area contributed by atoms with Gasteiger partial charge in [-0.3, -0.25) is 10.1 Å². The molecule has 8 heteroatoms. The van der Waals surface area contributed by atoms with Crippen molar-refractivity contribution < 1.29 is 9.59 Å². The Kier molecular flexibility index (Phi) is 6.34.